The first-order chi connectivity index (χ1) is 38.8. The van der Waals surface area contributed by atoms with Crippen LogP contribution in [0.5, 0.6) is 0 Å². The highest BCUT2D eigenvalue weighted by atomic mass is 32.1. The van der Waals surface area contributed by atoms with E-state index in [2.05, 4.69) is 143 Å². The van der Waals surface area contributed by atoms with Gasteiger partial charge in [-0.3, -0.25) is 48.5 Å². The highest BCUT2D eigenvalue weighted by molar-refractivity contribution is 7.80. The quantitative estimate of drug-likeness (QED) is 0.00667. The van der Waals surface area contributed by atoms with E-state index in [0.29, 0.717) is 126 Å². The maximum absolute atomic E-state index is 12.4. The second-order valence-corrected chi connectivity index (χ2v) is 21.9. The summed E-state index contributed by atoms with van der Waals surface area (Å²) in [7, 11) is 12.7. The van der Waals surface area contributed by atoms with Crippen LogP contribution in [0.25, 0.3) is 20.9 Å². The SMILES string of the molecule is C.C#CCN(C)C1C(N(C)CC=C)C1N(C)CC=C.CCCCCC(=O)OCC(C)(COC(=O)CCCCN=[N+]=[N-])C(=O)OCCS.CCCCCC(=O)OCCN(C)C1C(N(C)CCCS)C1N(C)CCOC(=O)CCCCN=[N+]=[N-]. The summed E-state index contributed by atoms with van der Waals surface area (Å²) in [5.74, 6) is 2.10. The van der Waals surface area contributed by atoms with Crippen LogP contribution in [0.4, 0.5) is 0 Å². The van der Waals surface area contributed by atoms with Crippen molar-refractivity contribution in [2.45, 2.75) is 161 Å². The van der Waals surface area contributed by atoms with Crippen molar-refractivity contribution in [3.05, 3.63) is 46.2 Å². The number of hydrogen-bond acceptors (Lipinski definition) is 20. The summed E-state index contributed by atoms with van der Waals surface area (Å²) in [4.78, 5) is 79.1. The third-order valence-electron chi connectivity index (χ3n) is 13.9. The minimum atomic E-state index is -1.29. The number of likely N-dealkylation sites (N-methyl/N-ethyl adjacent to an activating group) is 6. The average molecular weight is 1200 g/mol. The molecule has 2 aliphatic carbocycles. The molecule has 24 heteroatoms. The van der Waals surface area contributed by atoms with Gasteiger partial charge in [-0.2, -0.15) is 25.3 Å². The zero-order valence-electron chi connectivity index (χ0n) is 50.7. The van der Waals surface area contributed by atoms with Gasteiger partial charge in [0.05, 0.1) is 6.54 Å². The van der Waals surface area contributed by atoms with Crippen molar-refractivity contribution in [1.29, 1.82) is 0 Å². The van der Waals surface area contributed by atoms with E-state index in [0.717, 1.165) is 70.3 Å². The number of carbonyl (C=O) groups excluding carboxylic acids is 5. The third kappa shape index (κ3) is 34.3. The van der Waals surface area contributed by atoms with E-state index in [1.54, 1.807) is 0 Å². The van der Waals surface area contributed by atoms with E-state index in [9.17, 15) is 24.0 Å². The number of esters is 5. The van der Waals surface area contributed by atoms with Crippen LogP contribution in [0.15, 0.2) is 35.5 Å². The Bertz CT molecular complexity index is 1940. The number of azide groups is 2. The third-order valence-corrected chi connectivity index (χ3v) is 14.4. The normalized spacial score (nSPS) is 18.2. The van der Waals surface area contributed by atoms with Gasteiger partial charge in [-0.25, -0.2) is 0 Å². The summed E-state index contributed by atoms with van der Waals surface area (Å²) >= 11 is 8.34. The lowest BCUT2D eigenvalue weighted by Crippen LogP contribution is -2.40. The van der Waals surface area contributed by atoms with Crippen molar-refractivity contribution >= 4 is 55.1 Å². The molecule has 2 rings (SSSR count). The van der Waals surface area contributed by atoms with Gasteiger partial charge in [0.15, 0.2) is 0 Å². The van der Waals surface area contributed by atoms with Crippen molar-refractivity contribution in [3.8, 4) is 12.3 Å². The van der Waals surface area contributed by atoms with Gasteiger partial charge in [0.1, 0.15) is 38.4 Å². The van der Waals surface area contributed by atoms with Crippen LogP contribution in [-0.4, -0.2) is 235 Å². The molecule has 2 aliphatic rings. The van der Waals surface area contributed by atoms with Gasteiger partial charge in [-0.1, -0.05) is 75.3 Å². The molecule has 0 aliphatic heterocycles. The Balaban J connectivity index is 0. The summed E-state index contributed by atoms with van der Waals surface area (Å²) < 4.78 is 26.4. The maximum atomic E-state index is 12.4. The Hall–Kier alpha value is -4.53. The lowest BCUT2D eigenvalue weighted by atomic mass is 9.93. The van der Waals surface area contributed by atoms with Crippen molar-refractivity contribution in [2.75, 3.05) is 139 Å². The largest absolute Gasteiger partial charge is 0.464 e. The fourth-order valence-electron chi connectivity index (χ4n) is 9.20. The first-order valence-corrected chi connectivity index (χ1v) is 30.0. The number of nitrogens with zero attached hydrogens (tertiary/aromatic N) is 12. The fraction of sp³-hybridized carbons (Fsp3) is 0.810. The van der Waals surface area contributed by atoms with Crippen LogP contribution in [0, 0.1) is 17.8 Å². The Morgan fingerprint density at radius 3 is 1.27 bits per heavy atom. The van der Waals surface area contributed by atoms with Crippen molar-refractivity contribution in [1.82, 2.24) is 29.4 Å². The molecule has 0 N–H and O–H groups in total. The minimum absolute atomic E-state index is 0. The average Bonchev–Trinajstić information content (AvgIpc) is 4.47. The number of ether oxygens (including phenoxy) is 5. The molecule has 0 aromatic carbocycles. The smallest absolute Gasteiger partial charge is 0.318 e. The Kier molecular flexibility index (Phi) is 47.3. The van der Waals surface area contributed by atoms with Crippen molar-refractivity contribution in [2.24, 2.45) is 15.6 Å². The van der Waals surface area contributed by atoms with Crippen molar-refractivity contribution in [3.63, 3.8) is 0 Å². The summed E-state index contributed by atoms with van der Waals surface area (Å²) in [5, 5.41) is 6.85. The Morgan fingerprint density at radius 2 is 0.915 bits per heavy atom. The molecule has 0 bridgehead atoms. The molecule has 0 spiro atoms. The Labute approximate surface area is 504 Å². The maximum Gasteiger partial charge on any atom is 0.318 e. The monoisotopic (exact) mass is 1190 g/mol. The lowest BCUT2D eigenvalue weighted by molar-refractivity contribution is -0.169. The minimum Gasteiger partial charge on any atom is -0.464 e. The summed E-state index contributed by atoms with van der Waals surface area (Å²) in [6, 6.07) is 2.53. The first kappa shape index (κ1) is 79.5. The molecule has 6 unspecified atom stereocenters. The van der Waals surface area contributed by atoms with Gasteiger partial charge in [-0.05, 0) is 118 Å². The molecule has 2 fully saturated rings. The zero-order valence-corrected chi connectivity index (χ0v) is 52.5. The van der Waals surface area contributed by atoms with E-state index in [1.165, 1.54) is 6.92 Å². The topological polar surface area (TPSA) is 248 Å². The Morgan fingerprint density at radius 1 is 0.549 bits per heavy atom. The predicted molar refractivity (Wildman–Crippen MR) is 334 cm³/mol. The predicted octanol–water partition coefficient (Wildman–Crippen LogP) is 8.52. The molecule has 82 heavy (non-hydrogen) atoms. The fourth-order valence-corrected chi connectivity index (χ4v) is 9.44. The van der Waals surface area contributed by atoms with Crippen LogP contribution < -0.4 is 0 Å². The summed E-state index contributed by atoms with van der Waals surface area (Å²) in [6.45, 7) is 19.2. The highest BCUT2D eigenvalue weighted by Crippen LogP contribution is 2.37. The first-order valence-electron chi connectivity index (χ1n) is 28.7. The van der Waals surface area contributed by atoms with Crippen LogP contribution in [0.2, 0.25) is 0 Å². The van der Waals surface area contributed by atoms with Gasteiger partial charge in [0.2, 0.25) is 0 Å². The number of rotatable bonds is 45. The second kappa shape index (κ2) is 48.8. The standard InChI is InChI=1S/C24H46N6O4S.C18H31N3O6S.C15H25N3.CH4/c1-5-6-7-11-20(31)33-17-15-29(3)23-22(28(2)14-10-19-35)24(23)30(4)16-18-34-21(32)12-8-9-13-26-27-25;1-3-4-5-8-15(22)26-13-18(2,17(24)25-11-12-28)14-27-16(23)9-6-7-10-20-21-19;1-7-10-16(4)13-14(17(5)11-8-2)15(13)18(6)12-9-3;/h22-24,35H,5-19H2,1-4H3;28H,3-14H2,1-2H3;1,8-9,13-15H,2-3,10-12H2,4-6H3;1H4. The second-order valence-electron chi connectivity index (χ2n) is 21.0. The van der Waals surface area contributed by atoms with Crippen LogP contribution >= 0.6 is 25.3 Å². The number of terminal acetylenes is 1. The van der Waals surface area contributed by atoms with Crippen LogP contribution in [0.1, 0.15) is 125 Å². The van der Waals surface area contributed by atoms with E-state index in [4.69, 9.17) is 41.2 Å². The summed E-state index contributed by atoms with van der Waals surface area (Å²) in [6.07, 6.45) is 19.6. The number of unbranched alkanes of at least 4 members (excludes halogenated alkanes) is 6. The van der Waals surface area contributed by atoms with Gasteiger partial charge in [-0.15, -0.1) is 19.6 Å². The van der Waals surface area contributed by atoms with Gasteiger partial charge in [0.25, 0.3) is 0 Å². The van der Waals surface area contributed by atoms with E-state index >= 15 is 0 Å². The van der Waals surface area contributed by atoms with Gasteiger partial charge in [0, 0.05) is 117 Å². The lowest BCUT2D eigenvalue weighted by Gasteiger charge is -2.26. The van der Waals surface area contributed by atoms with Crippen molar-refractivity contribution < 1.29 is 47.7 Å². The van der Waals surface area contributed by atoms with Crippen LogP contribution in [-0.2, 0) is 47.7 Å². The molecule has 0 radical (unpaired) electrons. The molecule has 22 nitrogen and oxygen atoms in total. The van der Waals surface area contributed by atoms with E-state index in [-0.39, 0.29) is 52.0 Å². The molecule has 0 amide bonds. The molecule has 0 saturated heterocycles. The van der Waals surface area contributed by atoms with Gasteiger partial charge >= 0.3 is 29.8 Å². The molecule has 470 valence electrons. The molecule has 0 aromatic rings. The number of thiol groups is 2. The zero-order chi connectivity index (χ0) is 61.0. The number of carbonyl (C=O) groups is 5. The van der Waals surface area contributed by atoms with Gasteiger partial charge < -0.3 is 28.6 Å². The molecular weight excluding hydrogens is 1090 g/mol. The van der Waals surface area contributed by atoms with Crippen LogP contribution in [0.3, 0.4) is 0 Å². The molecule has 2 saturated carbocycles. The molecule has 0 heterocycles. The molecule has 6 atom stereocenters. The molecule has 0 aromatic heterocycles. The van der Waals surface area contributed by atoms with E-state index < -0.39 is 23.3 Å². The summed E-state index contributed by atoms with van der Waals surface area (Å²) in [5.41, 5.74) is 15.2. The number of hydrogen-bond donors (Lipinski definition) is 2. The molecular formula is C58H106N12O10S2. The highest BCUT2D eigenvalue weighted by Gasteiger charge is 2.57. The van der Waals surface area contributed by atoms with E-state index in [1.807, 2.05) is 19.1 Å².